The molecule has 3 aliphatic rings. The zero-order chi connectivity index (χ0) is 18.1. The summed E-state index contributed by atoms with van der Waals surface area (Å²) in [6, 6.07) is 7.05. The number of hydrogen-bond acceptors (Lipinski definition) is 3. The van der Waals surface area contributed by atoms with E-state index in [4.69, 9.17) is 0 Å². The summed E-state index contributed by atoms with van der Waals surface area (Å²) < 4.78 is 0. The van der Waals surface area contributed by atoms with Crippen LogP contribution < -0.4 is 20.9 Å². The summed E-state index contributed by atoms with van der Waals surface area (Å²) in [4.78, 5) is 26.5. The molecule has 2 bridgehead atoms. The van der Waals surface area contributed by atoms with Gasteiger partial charge in [0.2, 0.25) is 5.91 Å². The first-order chi connectivity index (χ1) is 12.6. The van der Waals surface area contributed by atoms with E-state index < -0.39 is 0 Å². The molecule has 3 heterocycles. The highest BCUT2D eigenvalue weighted by molar-refractivity contribution is 5.96. The van der Waals surface area contributed by atoms with Crippen LogP contribution in [0.4, 0.5) is 16.2 Å². The minimum absolute atomic E-state index is 0.0695. The first-order valence-electron chi connectivity index (χ1n) is 9.86. The maximum absolute atomic E-state index is 12.5. The molecule has 1 aromatic carbocycles. The van der Waals surface area contributed by atoms with Crippen molar-refractivity contribution in [3.63, 3.8) is 0 Å². The van der Waals surface area contributed by atoms with E-state index in [-0.39, 0.29) is 11.9 Å². The number of rotatable bonds is 4. The average Bonchev–Trinajstić information content (AvgIpc) is 3.17. The van der Waals surface area contributed by atoms with Gasteiger partial charge in [0.05, 0.1) is 5.69 Å². The van der Waals surface area contributed by atoms with Crippen molar-refractivity contribution in [2.24, 2.45) is 5.92 Å². The van der Waals surface area contributed by atoms with Gasteiger partial charge in [0.1, 0.15) is 0 Å². The molecule has 3 aliphatic heterocycles. The Morgan fingerprint density at radius 2 is 2.00 bits per heavy atom. The van der Waals surface area contributed by atoms with Crippen LogP contribution in [0.2, 0.25) is 0 Å². The molecule has 0 saturated carbocycles. The summed E-state index contributed by atoms with van der Waals surface area (Å²) in [5, 5.41) is 9.52. The molecule has 0 aliphatic carbocycles. The Hall–Kier alpha value is -2.08. The fourth-order valence-electron chi connectivity index (χ4n) is 4.73. The summed E-state index contributed by atoms with van der Waals surface area (Å²) in [6.45, 7) is 3.22. The molecule has 26 heavy (non-hydrogen) atoms. The highest BCUT2D eigenvalue weighted by Crippen LogP contribution is 2.34. The molecule has 2 unspecified atom stereocenters. The number of hydrogen-bond donors (Lipinski definition) is 3. The first kappa shape index (κ1) is 17.3. The van der Waals surface area contributed by atoms with E-state index in [1.165, 1.54) is 12.8 Å². The standard InChI is InChI=1S/C20H28N4O2/c1-2-21-20(26)24-8-7-14-3-4-17(12-18(14)24)23-19(25)11-13-9-15-5-6-16(10-13)22-15/h3-4,12-13,15-16,22H,2,5-11H2,1H3,(H,21,26)(H,23,25). The largest absolute Gasteiger partial charge is 0.338 e. The third kappa shape index (κ3) is 3.56. The van der Waals surface area contributed by atoms with Gasteiger partial charge in [-0.15, -0.1) is 0 Å². The topological polar surface area (TPSA) is 73.5 Å². The van der Waals surface area contributed by atoms with Gasteiger partial charge in [-0.25, -0.2) is 4.79 Å². The monoisotopic (exact) mass is 356 g/mol. The number of anilines is 2. The van der Waals surface area contributed by atoms with Gasteiger partial charge < -0.3 is 16.0 Å². The number of nitrogens with zero attached hydrogens (tertiary/aromatic N) is 1. The molecule has 2 fully saturated rings. The SMILES string of the molecule is CCNC(=O)N1CCc2ccc(NC(=O)CC3CC4CCC(C3)N4)cc21. The zero-order valence-corrected chi connectivity index (χ0v) is 15.4. The van der Waals surface area contributed by atoms with Crippen molar-refractivity contribution in [1.29, 1.82) is 0 Å². The van der Waals surface area contributed by atoms with Crippen molar-refractivity contribution in [3.05, 3.63) is 23.8 Å². The van der Waals surface area contributed by atoms with Crippen LogP contribution in [-0.4, -0.2) is 37.1 Å². The van der Waals surface area contributed by atoms with Crippen LogP contribution in [-0.2, 0) is 11.2 Å². The molecule has 6 heteroatoms. The van der Waals surface area contributed by atoms with Gasteiger partial charge in [0, 0.05) is 37.3 Å². The molecular weight excluding hydrogens is 328 g/mol. The van der Waals surface area contributed by atoms with Gasteiger partial charge in [-0.1, -0.05) is 6.07 Å². The number of amides is 3. The van der Waals surface area contributed by atoms with Gasteiger partial charge in [-0.2, -0.15) is 0 Å². The van der Waals surface area contributed by atoms with Gasteiger partial charge in [0.25, 0.3) is 0 Å². The van der Waals surface area contributed by atoms with Gasteiger partial charge in [0.15, 0.2) is 0 Å². The summed E-state index contributed by atoms with van der Waals surface area (Å²) in [7, 11) is 0. The maximum Gasteiger partial charge on any atom is 0.321 e. The predicted octanol–water partition coefficient (Wildman–Crippen LogP) is 2.64. The van der Waals surface area contributed by atoms with E-state index >= 15 is 0 Å². The Morgan fingerprint density at radius 1 is 1.23 bits per heavy atom. The van der Waals surface area contributed by atoms with E-state index in [1.807, 2.05) is 25.1 Å². The molecule has 0 spiro atoms. The molecular formula is C20H28N4O2. The smallest absolute Gasteiger partial charge is 0.321 e. The second-order valence-electron chi connectivity index (χ2n) is 7.81. The third-order valence-electron chi connectivity index (χ3n) is 5.88. The fourth-order valence-corrected chi connectivity index (χ4v) is 4.73. The lowest BCUT2D eigenvalue weighted by Gasteiger charge is -2.28. The summed E-state index contributed by atoms with van der Waals surface area (Å²) in [5.74, 6) is 0.564. The Kier molecular flexibility index (Phi) is 4.85. The second kappa shape index (κ2) is 7.27. The molecule has 0 radical (unpaired) electrons. The van der Waals surface area contributed by atoms with Crippen LogP contribution in [0.3, 0.4) is 0 Å². The first-order valence-corrected chi connectivity index (χ1v) is 9.86. The summed E-state index contributed by atoms with van der Waals surface area (Å²) in [5.41, 5.74) is 2.85. The number of nitrogens with one attached hydrogen (secondary N) is 3. The van der Waals surface area contributed by atoms with Crippen molar-refractivity contribution in [3.8, 4) is 0 Å². The molecule has 140 valence electrons. The van der Waals surface area contributed by atoms with E-state index in [9.17, 15) is 9.59 Å². The third-order valence-corrected chi connectivity index (χ3v) is 5.88. The lowest BCUT2D eigenvalue weighted by atomic mass is 9.89. The van der Waals surface area contributed by atoms with Crippen LogP contribution in [0.1, 0.15) is 44.6 Å². The van der Waals surface area contributed by atoms with Crippen LogP contribution >= 0.6 is 0 Å². The van der Waals surface area contributed by atoms with Gasteiger partial charge in [-0.3, -0.25) is 9.69 Å². The minimum atomic E-state index is -0.0695. The molecule has 0 aromatic heterocycles. The Labute approximate surface area is 154 Å². The Morgan fingerprint density at radius 3 is 2.73 bits per heavy atom. The number of carbonyl (C=O) groups excluding carboxylic acids is 2. The maximum atomic E-state index is 12.5. The molecule has 6 nitrogen and oxygen atoms in total. The number of piperidine rings is 1. The highest BCUT2D eigenvalue weighted by Gasteiger charge is 2.34. The second-order valence-corrected chi connectivity index (χ2v) is 7.81. The lowest BCUT2D eigenvalue weighted by molar-refractivity contribution is -0.117. The normalized spacial score (nSPS) is 26.5. The van der Waals surface area contributed by atoms with Gasteiger partial charge >= 0.3 is 6.03 Å². The zero-order valence-electron chi connectivity index (χ0n) is 15.4. The molecule has 2 saturated heterocycles. The quantitative estimate of drug-likeness (QED) is 0.776. The van der Waals surface area contributed by atoms with E-state index in [2.05, 4.69) is 16.0 Å². The van der Waals surface area contributed by atoms with Crippen LogP contribution in [0, 0.1) is 5.92 Å². The van der Waals surface area contributed by atoms with Crippen molar-refractivity contribution in [1.82, 2.24) is 10.6 Å². The number of fused-ring (bicyclic) bond motifs is 3. The Bertz CT molecular complexity index is 693. The summed E-state index contributed by atoms with van der Waals surface area (Å²) >= 11 is 0. The van der Waals surface area contributed by atoms with Crippen LogP contribution in [0.25, 0.3) is 0 Å². The minimum Gasteiger partial charge on any atom is -0.338 e. The molecule has 3 N–H and O–H groups in total. The predicted molar refractivity (Wildman–Crippen MR) is 102 cm³/mol. The van der Waals surface area contributed by atoms with Gasteiger partial charge in [-0.05, 0) is 62.6 Å². The van der Waals surface area contributed by atoms with Crippen molar-refractivity contribution < 1.29 is 9.59 Å². The lowest BCUT2D eigenvalue weighted by Crippen LogP contribution is -2.39. The van der Waals surface area contributed by atoms with E-state index in [0.717, 1.165) is 36.2 Å². The van der Waals surface area contributed by atoms with Crippen molar-refractivity contribution in [2.75, 3.05) is 23.3 Å². The number of benzene rings is 1. The van der Waals surface area contributed by atoms with Crippen molar-refractivity contribution >= 4 is 23.3 Å². The molecule has 3 amide bonds. The molecule has 2 atom stereocenters. The number of urea groups is 1. The summed E-state index contributed by atoms with van der Waals surface area (Å²) in [6.07, 6.45) is 6.18. The Balaban J connectivity index is 1.38. The highest BCUT2D eigenvalue weighted by atomic mass is 16.2. The number of carbonyl (C=O) groups is 2. The fraction of sp³-hybridized carbons (Fsp3) is 0.600. The van der Waals surface area contributed by atoms with Crippen LogP contribution in [0.15, 0.2) is 18.2 Å². The van der Waals surface area contributed by atoms with E-state index in [0.29, 0.717) is 37.5 Å². The molecule has 1 aromatic rings. The molecule has 4 rings (SSSR count). The van der Waals surface area contributed by atoms with Crippen molar-refractivity contribution in [2.45, 2.75) is 57.5 Å². The van der Waals surface area contributed by atoms with Crippen LogP contribution in [0.5, 0.6) is 0 Å². The average molecular weight is 356 g/mol. The van der Waals surface area contributed by atoms with E-state index in [1.54, 1.807) is 4.90 Å².